The van der Waals surface area contributed by atoms with E-state index in [4.69, 9.17) is 9.47 Å². The van der Waals surface area contributed by atoms with Gasteiger partial charge in [0.1, 0.15) is 24.7 Å². The topological polar surface area (TPSA) is 18.5 Å². The molecule has 0 fully saturated rings. The Bertz CT molecular complexity index is 1180. The van der Waals surface area contributed by atoms with Gasteiger partial charge >= 0.3 is 0 Å². The van der Waals surface area contributed by atoms with Crippen LogP contribution in [0.5, 0.6) is 11.5 Å². The molecule has 0 spiro atoms. The third-order valence-corrected chi connectivity index (χ3v) is 9.63. The molecular weight excluding hydrogens is 837 g/mol. The van der Waals surface area contributed by atoms with Crippen molar-refractivity contribution in [3.8, 4) is 11.5 Å². The van der Waals surface area contributed by atoms with Crippen LogP contribution in [0.1, 0.15) is 0 Å². The largest absolute Gasteiger partial charge is 0.490 e. The molecule has 0 radical (unpaired) electrons. The van der Waals surface area contributed by atoms with Crippen LogP contribution in [0.4, 0.5) is 0 Å². The van der Waals surface area contributed by atoms with E-state index in [-0.39, 0.29) is 10.9 Å². The number of hydrogen-bond acceptors (Lipinski definition) is 2. The van der Waals surface area contributed by atoms with Crippen molar-refractivity contribution in [1.82, 2.24) is 0 Å². The highest BCUT2D eigenvalue weighted by Gasteiger charge is 2.28. The van der Waals surface area contributed by atoms with E-state index in [1.54, 1.807) is 0 Å². The summed E-state index contributed by atoms with van der Waals surface area (Å²) >= 11 is 10.5. The molecule has 7 heteroatoms. The quantitative estimate of drug-likeness (QED) is 0.100. The van der Waals surface area contributed by atoms with Gasteiger partial charge in [0, 0.05) is 8.04 Å². The Kier molecular flexibility index (Phi) is 9.66. The van der Waals surface area contributed by atoms with Crippen LogP contribution < -0.4 is 9.47 Å². The van der Waals surface area contributed by atoms with Crippen molar-refractivity contribution in [3.05, 3.63) is 106 Å². The molecule has 0 heterocycles. The van der Waals surface area contributed by atoms with Crippen molar-refractivity contribution in [3.63, 3.8) is 0 Å². The van der Waals surface area contributed by atoms with Gasteiger partial charge in [-0.15, -0.1) is 0 Å². The maximum atomic E-state index is 5.99. The SMILES string of the molecule is Brc1ccc([S+](c2ccccc2)c2ccc(OCCOc3c(I)cc(I)cc3I)cc2)cc1. The Morgan fingerprint density at radius 1 is 0.636 bits per heavy atom. The molecule has 0 N–H and O–H groups in total. The average molecular weight is 856 g/mol. The Hall–Kier alpha value is -0.500. The van der Waals surface area contributed by atoms with Gasteiger partial charge in [0.2, 0.25) is 0 Å². The molecule has 4 rings (SSSR count). The van der Waals surface area contributed by atoms with Crippen molar-refractivity contribution in [2.75, 3.05) is 13.2 Å². The number of hydrogen-bond donors (Lipinski definition) is 0. The van der Waals surface area contributed by atoms with E-state index in [1.165, 1.54) is 18.3 Å². The Balaban J connectivity index is 1.43. The van der Waals surface area contributed by atoms with Crippen molar-refractivity contribution >= 4 is 94.6 Å². The summed E-state index contributed by atoms with van der Waals surface area (Å²) < 4.78 is 16.5. The zero-order valence-corrected chi connectivity index (χ0v) is 26.2. The minimum absolute atomic E-state index is 0.174. The van der Waals surface area contributed by atoms with E-state index in [0.29, 0.717) is 13.2 Å². The van der Waals surface area contributed by atoms with Gasteiger partial charge in [0.05, 0.1) is 18.0 Å². The van der Waals surface area contributed by atoms with Crippen LogP contribution in [-0.2, 0) is 10.9 Å². The smallest absolute Gasteiger partial charge is 0.166 e. The van der Waals surface area contributed by atoms with Crippen LogP contribution in [0, 0.1) is 10.7 Å². The molecule has 0 aliphatic heterocycles. The second-order valence-corrected chi connectivity index (χ2v) is 13.5. The lowest BCUT2D eigenvalue weighted by Gasteiger charge is -2.12. The average Bonchev–Trinajstić information content (AvgIpc) is 2.81. The standard InChI is InChI=1S/C26H19BrI3O2S/c27-18-6-10-22(11-7-18)33(21-4-2-1-3-5-21)23-12-8-20(9-13-23)31-14-15-32-26-24(29)16-19(28)17-25(26)30/h1-13,16-17H,14-15H2/q+1. The minimum atomic E-state index is -0.174. The Morgan fingerprint density at radius 3 is 1.76 bits per heavy atom. The normalized spacial score (nSPS) is 11.8. The fourth-order valence-corrected chi connectivity index (χ4v) is 9.40. The van der Waals surface area contributed by atoms with Gasteiger partial charge in [-0.2, -0.15) is 0 Å². The maximum absolute atomic E-state index is 5.99. The monoisotopic (exact) mass is 855 g/mol. The van der Waals surface area contributed by atoms with E-state index in [2.05, 4.69) is 175 Å². The van der Waals surface area contributed by atoms with Crippen LogP contribution in [0.2, 0.25) is 0 Å². The van der Waals surface area contributed by atoms with E-state index >= 15 is 0 Å². The predicted molar refractivity (Wildman–Crippen MR) is 165 cm³/mol. The molecule has 4 aromatic carbocycles. The zero-order valence-electron chi connectivity index (χ0n) is 17.3. The fraction of sp³-hybridized carbons (Fsp3) is 0.0769. The lowest BCUT2D eigenvalue weighted by atomic mass is 10.3. The first-order chi connectivity index (χ1) is 16.0. The van der Waals surface area contributed by atoms with Crippen LogP contribution in [-0.4, -0.2) is 13.2 Å². The first kappa shape index (κ1) is 25.6. The lowest BCUT2D eigenvalue weighted by Crippen LogP contribution is -2.10. The Labute approximate surface area is 246 Å². The van der Waals surface area contributed by atoms with Gasteiger partial charge in [0.25, 0.3) is 0 Å². The van der Waals surface area contributed by atoms with Gasteiger partial charge in [-0.25, -0.2) is 0 Å². The zero-order chi connectivity index (χ0) is 23.2. The summed E-state index contributed by atoms with van der Waals surface area (Å²) in [6.07, 6.45) is 0. The summed E-state index contributed by atoms with van der Waals surface area (Å²) in [5, 5.41) is 0. The molecule has 1 unspecified atom stereocenters. The molecule has 0 bridgehead atoms. The molecular formula is C26H19BrI3O2S+. The van der Waals surface area contributed by atoms with Crippen LogP contribution in [0.15, 0.2) is 110 Å². The summed E-state index contributed by atoms with van der Waals surface area (Å²) in [6.45, 7) is 0.996. The summed E-state index contributed by atoms with van der Waals surface area (Å²) in [5.74, 6) is 1.78. The van der Waals surface area contributed by atoms with Crippen molar-refractivity contribution < 1.29 is 9.47 Å². The van der Waals surface area contributed by atoms with E-state index < -0.39 is 0 Å². The van der Waals surface area contributed by atoms with Gasteiger partial charge in [0.15, 0.2) is 14.7 Å². The molecule has 0 saturated carbocycles. The van der Waals surface area contributed by atoms with Gasteiger partial charge < -0.3 is 9.47 Å². The van der Waals surface area contributed by atoms with Gasteiger partial charge in [-0.3, -0.25) is 0 Å². The number of halogens is 4. The first-order valence-corrected chi connectivity index (χ1v) is 15.3. The van der Waals surface area contributed by atoms with Crippen molar-refractivity contribution in [1.29, 1.82) is 0 Å². The highest BCUT2D eigenvalue weighted by atomic mass is 127. The second-order valence-electron chi connectivity index (χ2n) is 6.94. The van der Waals surface area contributed by atoms with Crippen LogP contribution in [0.3, 0.4) is 0 Å². The summed E-state index contributed by atoms with van der Waals surface area (Å²) in [6, 6.07) is 31.9. The highest BCUT2D eigenvalue weighted by Crippen LogP contribution is 2.33. The molecule has 33 heavy (non-hydrogen) atoms. The molecule has 0 aromatic heterocycles. The molecule has 0 aliphatic rings. The highest BCUT2D eigenvalue weighted by molar-refractivity contribution is 14.1. The number of ether oxygens (including phenoxy) is 2. The second kappa shape index (κ2) is 12.5. The lowest BCUT2D eigenvalue weighted by molar-refractivity contribution is 0.215. The van der Waals surface area contributed by atoms with Crippen LogP contribution in [0.25, 0.3) is 0 Å². The number of benzene rings is 4. The maximum Gasteiger partial charge on any atom is 0.166 e. The summed E-state index contributed by atoms with van der Waals surface area (Å²) in [7, 11) is -0.174. The molecule has 4 aromatic rings. The van der Waals surface area contributed by atoms with E-state index in [0.717, 1.165) is 23.1 Å². The van der Waals surface area contributed by atoms with Gasteiger partial charge in [-0.1, -0.05) is 34.1 Å². The van der Waals surface area contributed by atoms with E-state index in [9.17, 15) is 0 Å². The third-order valence-electron chi connectivity index (χ3n) is 4.65. The predicted octanol–water partition coefficient (Wildman–Crippen LogP) is 8.82. The third kappa shape index (κ3) is 7.02. The fourth-order valence-electron chi connectivity index (χ4n) is 3.18. The molecule has 0 saturated heterocycles. The molecule has 168 valence electrons. The minimum Gasteiger partial charge on any atom is -0.490 e. The first-order valence-electron chi connectivity index (χ1n) is 10.1. The number of rotatable bonds is 8. The van der Waals surface area contributed by atoms with Crippen LogP contribution >= 0.6 is 83.7 Å². The van der Waals surface area contributed by atoms with Gasteiger partial charge in [-0.05, 0) is 141 Å². The molecule has 1 atom stereocenters. The molecule has 2 nitrogen and oxygen atoms in total. The van der Waals surface area contributed by atoms with E-state index in [1.807, 2.05) is 0 Å². The summed E-state index contributed by atoms with van der Waals surface area (Å²) in [4.78, 5) is 3.84. The molecule has 0 aliphatic carbocycles. The van der Waals surface area contributed by atoms with Crippen molar-refractivity contribution in [2.24, 2.45) is 0 Å². The molecule has 0 amide bonds. The Morgan fingerprint density at radius 2 is 1.15 bits per heavy atom. The summed E-state index contributed by atoms with van der Waals surface area (Å²) in [5.41, 5.74) is 0. The van der Waals surface area contributed by atoms with Crippen molar-refractivity contribution in [2.45, 2.75) is 14.7 Å².